The van der Waals surface area contributed by atoms with E-state index in [1.807, 2.05) is 23.1 Å². The number of amides is 3. The third-order valence-electron chi connectivity index (χ3n) is 6.46. The highest BCUT2D eigenvalue weighted by atomic mass is 16.5. The number of carbonyl (C=O) groups excluding carboxylic acids is 3. The minimum Gasteiger partial charge on any atom is -0.497 e. The van der Waals surface area contributed by atoms with Crippen molar-refractivity contribution in [2.75, 3.05) is 20.2 Å². The first-order valence-corrected chi connectivity index (χ1v) is 11.0. The molecule has 6 heteroatoms. The lowest BCUT2D eigenvalue weighted by molar-refractivity contribution is 0.0642. The van der Waals surface area contributed by atoms with E-state index in [2.05, 4.69) is 12.1 Å². The van der Waals surface area contributed by atoms with Gasteiger partial charge in [-0.05, 0) is 53.9 Å². The van der Waals surface area contributed by atoms with Crippen molar-refractivity contribution in [2.24, 2.45) is 0 Å². The summed E-state index contributed by atoms with van der Waals surface area (Å²) < 4.78 is 5.23. The number of likely N-dealkylation sites (tertiary alicyclic amines) is 1. The molecule has 0 radical (unpaired) electrons. The minimum atomic E-state index is -0.297. The quantitative estimate of drug-likeness (QED) is 0.560. The van der Waals surface area contributed by atoms with E-state index >= 15 is 0 Å². The monoisotopic (exact) mass is 440 g/mol. The molecular formula is C27H24N2O4. The van der Waals surface area contributed by atoms with Crippen molar-refractivity contribution in [3.05, 3.63) is 101 Å². The second-order valence-corrected chi connectivity index (χ2v) is 8.45. The van der Waals surface area contributed by atoms with E-state index in [0.717, 1.165) is 17.7 Å². The van der Waals surface area contributed by atoms with E-state index in [4.69, 9.17) is 4.74 Å². The summed E-state index contributed by atoms with van der Waals surface area (Å²) in [6.07, 6.45) is 0.910. The number of nitrogens with zero attached hydrogens (tertiary/aromatic N) is 2. The van der Waals surface area contributed by atoms with Crippen molar-refractivity contribution in [3.8, 4) is 5.75 Å². The van der Waals surface area contributed by atoms with Gasteiger partial charge in [-0.2, -0.15) is 0 Å². The zero-order chi connectivity index (χ0) is 22.9. The molecule has 3 amide bonds. The van der Waals surface area contributed by atoms with Crippen LogP contribution in [0, 0.1) is 0 Å². The normalized spacial score (nSPS) is 17.4. The predicted molar refractivity (Wildman–Crippen MR) is 123 cm³/mol. The van der Waals surface area contributed by atoms with Crippen molar-refractivity contribution < 1.29 is 19.1 Å². The Morgan fingerprint density at radius 2 is 1.64 bits per heavy atom. The van der Waals surface area contributed by atoms with E-state index in [9.17, 15) is 14.4 Å². The van der Waals surface area contributed by atoms with E-state index in [1.165, 1.54) is 10.5 Å². The Kier molecular flexibility index (Phi) is 5.42. The Labute approximate surface area is 192 Å². The standard InChI is InChI=1S/C27H24N2O4/c1-33-22-11-9-19(10-12-22)21-13-14-28(17-21)25(30)20-6-4-5-18(15-20)16-29-26(31)23-7-2-3-8-24(23)27(29)32/h2-12,15,21H,13-14,16-17H2,1H3. The molecule has 166 valence electrons. The van der Waals surface area contributed by atoms with Gasteiger partial charge in [0, 0.05) is 24.6 Å². The molecule has 33 heavy (non-hydrogen) atoms. The summed E-state index contributed by atoms with van der Waals surface area (Å²) in [5.74, 6) is 0.486. The largest absolute Gasteiger partial charge is 0.497 e. The fourth-order valence-electron chi connectivity index (χ4n) is 4.64. The van der Waals surface area contributed by atoms with Crippen molar-refractivity contribution in [1.82, 2.24) is 9.80 Å². The van der Waals surface area contributed by atoms with Crippen LogP contribution in [0.1, 0.15) is 54.5 Å². The van der Waals surface area contributed by atoms with Gasteiger partial charge in [-0.3, -0.25) is 19.3 Å². The van der Waals surface area contributed by atoms with Crippen LogP contribution in [0.15, 0.2) is 72.8 Å². The van der Waals surface area contributed by atoms with Crippen molar-refractivity contribution in [2.45, 2.75) is 18.9 Å². The molecule has 0 aliphatic carbocycles. The molecule has 0 N–H and O–H groups in total. The van der Waals surface area contributed by atoms with Crippen molar-refractivity contribution >= 4 is 17.7 Å². The molecular weight excluding hydrogens is 416 g/mol. The van der Waals surface area contributed by atoms with Crippen LogP contribution in [0.25, 0.3) is 0 Å². The van der Waals surface area contributed by atoms with Crippen LogP contribution >= 0.6 is 0 Å². The van der Waals surface area contributed by atoms with Gasteiger partial charge < -0.3 is 9.64 Å². The SMILES string of the molecule is COc1ccc(C2CCN(C(=O)c3cccc(CN4C(=O)c5ccccc5C4=O)c3)C2)cc1. The van der Waals surface area contributed by atoms with Crippen molar-refractivity contribution in [3.63, 3.8) is 0 Å². The fourth-order valence-corrected chi connectivity index (χ4v) is 4.64. The molecule has 3 aromatic carbocycles. The van der Waals surface area contributed by atoms with Crippen molar-refractivity contribution in [1.29, 1.82) is 0 Å². The summed E-state index contributed by atoms with van der Waals surface area (Å²) in [5.41, 5.74) is 3.37. The molecule has 1 fully saturated rings. The van der Waals surface area contributed by atoms with E-state index in [-0.39, 0.29) is 24.3 Å². The summed E-state index contributed by atoms with van der Waals surface area (Å²) in [5, 5.41) is 0. The van der Waals surface area contributed by atoms with Crippen LogP contribution in [-0.4, -0.2) is 47.7 Å². The Bertz CT molecular complexity index is 1200. The maximum Gasteiger partial charge on any atom is 0.261 e. The van der Waals surface area contributed by atoms with E-state index in [1.54, 1.807) is 49.6 Å². The Morgan fingerprint density at radius 1 is 0.939 bits per heavy atom. The van der Waals surface area contributed by atoms with Gasteiger partial charge in [-0.25, -0.2) is 0 Å². The molecule has 2 heterocycles. The summed E-state index contributed by atoms with van der Waals surface area (Å²) in [6, 6.07) is 22.1. The average molecular weight is 440 g/mol. The summed E-state index contributed by atoms with van der Waals surface area (Å²) in [7, 11) is 1.65. The molecule has 0 saturated carbocycles. The lowest BCUT2D eigenvalue weighted by atomic mass is 9.98. The summed E-state index contributed by atoms with van der Waals surface area (Å²) >= 11 is 0. The summed E-state index contributed by atoms with van der Waals surface area (Å²) in [4.78, 5) is 41.6. The third-order valence-corrected chi connectivity index (χ3v) is 6.46. The van der Waals surface area contributed by atoms with Crippen LogP contribution < -0.4 is 4.74 Å². The van der Waals surface area contributed by atoms with Gasteiger partial charge in [0.25, 0.3) is 17.7 Å². The number of rotatable bonds is 5. The highest BCUT2D eigenvalue weighted by Crippen LogP contribution is 2.30. The zero-order valence-electron chi connectivity index (χ0n) is 18.4. The molecule has 0 bridgehead atoms. The third kappa shape index (κ3) is 3.89. The molecule has 1 saturated heterocycles. The molecule has 1 atom stereocenters. The summed E-state index contributed by atoms with van der Waals surface area (Å²) in [6.45, 7) is 1.49. The first-order valence-electron chi connectivity index (χ1n) is 11.0. The molecule has 0 aromatic heterocycles. The van der Waals surface area contributed by atoms with Gasteiger partial charge in [-0.15, -0.1) is 0 Å². The van der Waals surface area contributed by atoms with E-state index in [0.29, 0.717) is 35.7 Å². The van der Waals surface area contributed by atoms with Gasteiger partial charge in [-0.1, -0.05) is 36.4 Å². The topological polar surface area (TPSA) is 66.9 Å². The van der Waals surface area contributed by atoms with Crippen LogP contribution in [0.3, 0.4) is 0 Å². The van der Waals surface area contributed by atoms with Gasteiger partial charge >= 0.3 is 0 Å². The molecule has 6 nitrogen and oxygen atoms in total. The van der Waals surface area contributed by atoms with Crippen LogP contribution in [0.2, 0.25) is 0 Å². The number of fused-ring (bicyclic) bond motifs is 1. The highest BCUT2D eigenvalue weighted by Gasteiger charge is 2.35. The lowest BCUT2D eigenvalue weighted by Gasteiger charge is -2.18. The van der Waals surface area contributed by atoms with Crippen LogP contribution in [0.4, 0.5) is 0 Å². The Balaban J connectivity index is 1.28. The van der Waals surface area contributed by atoms with Crippen LogP contribution in [0.5, 0.6) is 5.75 Å². The Morgan fingerprint density at radius 3 is 2.30 bits per heavy atom. The predicted octanol–water partition coefficient (Wildman–Crippen LogP) is 4.12. The molecule has 2 aliphatic heterocycles. The van der Waals surface area contributed by atoms with Gasteiger partial charge in [0.05, 0.1) is 24.8 Å². The minimum absolute atomic E-state index is 0.0322. The number of ether oxygens (including phenoxy) is 1. The number of carbonyl (C=O) groups is 3. The first-order chi connectivity index (χ1) is 16.0. The number of benzene rings is 3. The number of hydrogen-bond donors (Lipinski definition) is 0. The molecule has 5 rings (SSSR count). The van der Waals surface area contributed by atoms with E-state index < -0.39 is 0 Å². The second kappa shape index (κ2) is 8.54. The van der Waals surface area contributed by atoms with Crippen LogP contribution in [-0.2, 0) is 6.54 Å². The molecule has 1 unspecified atom stereocenters. The molecule has 2 aliphatic rings. The fraction of sp³-hybridized carbons (Fsp3) is 0.222. The molecule has 0 spiro atoms. The maximum atomic E-state index is 13.2. The second-order valence-electron chi connectivity index (χ2n) is 8.45. The molecule has 3 aromatic rings. The van der Waals surface area contributed by atoms with Gasteiger partial charge in [0.2, 0.25) is 0 Å². The zero-order valence-corrected chi connectivity index (χ0v) is 18.4. The highest BCUT2D eigenvalue weighted by molar-refractivity contribution is 6.21. The van der Waals surface area contributed by atoms with Gasteiger partial charge in [0.15, 0.2) is 0 Å². The Hall–Kier alpha value is -3.93. The number of imide groups is 1. The first kappa shape index (κ1) is 20.9. The lowest BCUT2D eigenvalue weighted by Crippen LogP contribution is -2.30. The number of hydrogen-bond acceptors (Lipinski definition) is 4. The number of methoxy groups -OCH3 is 1. The van der Waals surface area contributed by atoms with Gasteiger partial charge in [0.1, 0.15) is 5.75 Å². The average Bonchev–Trinajstić information content (AvgIpc) is 3.44. The maximum absolute atomic E-state index is 13.2. The smallest absolute Gasteiger partial charge is 0.261 e.